The van der Waals surface area contributed by atoms with Gasteiger partial charge in [-0.2, -0.15) is 5.26 Å². The molecule has 1 amide bonds. The number of anilines is 1. The Labute approximate surface area is 156 Å². The summed E-state index contributed by atoms with van der Waals surface area (Å²) in [6, 6.07) is 14.3. The van der Waals surface area contributed by atoms with E-state index >= 15 is 0 Å². The predicted octanol–water partition coefficient (Wildman–Crippen LogP) is 2.12. The Morgan fingerprint density at radius 2 is 1.85 bits per heavy atom. The van der Waals surface area contributed by atoms with Crippen LogP contribution in [0, 0.1) is 11.3 Å². The number of rotatable bonds is 6. The van der Waals surface area contributed by atoms with Crippen molar-refractivity contribution in [3.05, 3.63) is 70.9 Å². The van der Waals surface area contributed by atoms with Crippen molar-refractivity contribution in [2.45, 2.75) is 11.4 Å². The van der Waals surface area contributed by atoms with Crippen molar-refractivity contribution in [1.29, 1.82) is 5.26 Å². The lowest BCUT2D eigenvalue weighted by Crippen LogP contribution is -2.17. The maximum Gasteiger partial charge on any atom is 0.267 e. The zero-order valence-electron chi connectivity index (χ0n) is 13.4. The minimum atomic E-state index is -3.81. The minimum Gasteiger partial charge on any atom is -0.386 e. The Bertz CT molecular complexity index is 980. The van der Waals surface area contributed by atoms with Crippen LogP contribution in [0.5, 0.6) is 0 Å². The Balaban J connectivity index is 2.02. The molecule has 0 bridgehead atoms. The van der Waals surface area contributed by atoms with Gasteiger partial charge in [0.25, 0.3) is 5.91 Å². The molecule has 0 radical (unpaired) electrons. The summed E-state index contributed by atoms with van der Waals surface area (Å²) in [7, 11) is -3.81. The monoisotopic (exact) mass is 390 g/mol. The maximum absolute atomic E-state index is 12.1. The molecule has 0 aromatic heterocycles. The first-order chi connectivity index (χ1) is 12.3. The molecule has 134 valence electrons. The van der Waals surface area contributed by atoms with E-state index in [0.717, 1.165) is 5.56 Å². The second-order valence-corrected chi connectivity index (χ2v) is 7.13. The third-order valence-electron chi connectivity index (χ3n) is 3.30. The Morgan fingerprint density at radius 3 is 2.42 bits per heavy atom. The first kappa shape index (κ1) is 19.5. The fourth-order valence-corrected chi connectivity index (χ4v) is 2.70. The molecule has 0 atom stereocenters. The summed E-state index contributed by atoms with van der Waals surface area (Å²) >= 11 is 6.03. The highest BCUT2D eigenvalue weighted by Crippen LogP contribution is 2.15. The van der Waals surface area contributed by atoms with Gasteiger partial charge in [0.2, 0.25) is 10.0 Å². The molecule has 0 saturated carbocycles. The molecule has 7 nitrogen and oxygen atoms in total. The number of nitrogens with one attached hydrogen (secondary N) is 2. The van der Waals surface area contributed by atoms with E-state index in [1.165, 1.54) is 30.5 Å². The average Bonchev–Trinajstić information content (AvgIpc) is 2.60. The Morgan fingerprint density at radius 1 is 1.19 bits per heavy atom. The Hall–Kier alpha value is -2.86. The van der Waals surface area contributed by atoms with E-state index in [-0.39, 0.29) is 10.5 Å². The second kappa shape index (κ2) is 8.49. The van der Waals surface area contributed by atoms with Crippen LogP contribution >= 0.6 is 11.6 Å². The number of nitrogens with zero attached hydrogens (tertiary/aromatic N) is 1. The fourth-order valence-electron chi connectivity index (χ4n) is 1.98. The zero-order chi connectivity index (χ0) is 19.2. The zero-order valence-corrected chi connectivity index (χ0v) is 15.0. The van der Waals surface area contributed by atoms with Crippen molar-refractivity contribution in [3.8, 4) is 6.07 Å². The Kier molecular flexibility index (Phi) is 6.36. The van der Waals surface area contributed by atoms with Crippen molar-refractivity contribution in [2.75, 3.05) is 5.32 Å². The number of carbonyl (C=O) groups excluding carboxylic acids is 1. The van der Waals surface area contributed by atoms with Gasteiger partial charge in [0.15, 0.2) is 0 Å². The van der Waals surface area contributed by atoms with Crippen molar-refractivity contribution < 1.29 is 13.2 Å². The molecule has 26 heavy (non-hydrogen) atoms. The SMILES string of the molecule is N#C/C(=C/NCc1ccccc1Cl)C(=O)Nc1ccc(S(N)(=O)=O)cc1. The molecule has 2 aromatic rings. The van der Waals surface area contributed by atoms with E-state index in [1.54, 1.807) is 18.2 Å². The molecule has 0 saturated heterocycles. The van der Waals surface area contributed by atoms with Crippen LogP contribution in [0.15, 0.2) is 65.2 Å². The van der Waals surface area contributed by atoms with Crippen LogP contribution in [-0.2, 0) is 21.4 Å². The van der Waals surface area contributed by atoms with E-state index < -0.39 is 15.9 Å². The van der Waals surface area contributed by atoms with Crippen LogP contribution in [0.25, 0.3) is 0 Å². The van der Waals surface area contributed by atoms with Gasteiger partial charge < -0.3 is 10.6 Å². The highest BCUT2D eigenvalue weighted by atomic mass is 35.5. The van der Waals surface area contributed by atoms with Crippen LogP contribution < -0.4 is 15.8 Å². The molecule has 0 fully saturated rings. The van der Waals surface area contributed by atoms with Crippen molar-refractivity contribution in [2.24, 2.45) is 5.14 Å². The summed E-state index contributed by atoms with van der Waals surface area (Å²) in [6.07, 6.45) is 1.29. The van der Waals surface area contributed by atoms with Gasteiger partial charge in [-0.3, -0.25) is 4.79 Å². The first-order valence-corrected chi connectivity index (χ1v) is 9.25. The average molecular weight is 391 g/mol. The van der Waals surface area contributed by atoms with Crippen LogP contribution in [0.3, 0.4) is 0 Å². The van der Waals surface area contributed by atoms with Gasteiger partial charge in [-0.15, -0.1) is 0 Å². The molecule has 9 heteroatoms. The van der Waals surface area contributed by atoms with Gasteiger partial charge in [0, 0.05) is 23.5 Å². The molecular weight excluding hydrogens is 376 g/mol. The third-order valence-corrected chi connectivity index (χ3v) is 4.60. The van der Waals surface area contributed by atoms with E-state index in [2.05, 4.69) is 10.6 Å². The number of nitriles is 1. The van der Waals surface area contributed by atoms with Crippen LogP contribution in [-0.4, -0.2) is 14.3 Å². The normalized spacial score (nSPS) is 11.5. The van der Waals surface area contributed by atoms with Crippen molar-refractivity contribution >= 4 is 33.2 Å². The summed E-state index contributed by atoms with van der Waals surface area (Å²) < 4.78 is 22.4. The molecule has 0 aliphatic rings. The van der Waals surface area contributed by atoms with E-state index in [0.29, 0.717) is 17.3 Å². The first-order valence-electron chi connectivity index (χ1n) is 7.32. The van der Waals surface area contributed by atoms with E-state index in [9.17, 15) is 13.2 Å². The fraction of sp³-hybridized carbons (Fsp3) is 0.0588. The lowest BCUT2D eigenvalue weighted by atomic mass is 10.2. The molecular formula is C17H15ClN4O3S. The number of halogens is 1. The van der Waals surface area contributed by atoms with Gasteiger partial charge in [-0.25, -0.2) is 13.6 Å². The van der Waals surface area contributed by atoms with Crippen molar-refractivity contribution in [3.63, 3.8) is 0 Å². The molecule has 0 spiro atoms. The number of amides is 1. The molecule has 0 unspecified atom stereocenters. The molecule has 0 aliphatic carbocycles. The second-order valence-electron chi connectivity index (χ2n) is 5.17. The number of hydrogen-bond donors (Lipinski definition) is 3. The molecule has 0 heterocycles. The third kappa shape index (κ3) is 5.32. The number of primary sulfonamides is 1. The molecule has 2 rings (SSSR count). The summed E-state index contributed by atoms with van der Waals surface area (Å²) in [5.74, 6) is -0.637. The number of carbonyl (C=O) groups is 1. The summed E-state index contributed by atoms with van der Waals surface area (Å²) in [6.45, 7) is 0.348. The molecule has 2 aromatic carbocycles. The lowest BCUT2D eigenvalue weighted by Gasteiger charge is -2.07. The standard InChI is InChI=1S/C17H15ClN4O3S/c18-16-4-2-1-3-12(16)10-21-11-13(9-19)17(23)22-14-5-7-15(8-6-14)26(20,24)25/h1-8,11,21H,10H2,(H,22,23)(H2,20,24,25)/b13-11-. The summed E-state index contributed by atoms with van der Waals surface area (Å²) in [5, 5.41) is 20.1. The number of sulfonamides is 1. The van der Waals surface area contributed by atoms with Crippen LogP contribution in [0.1, 0.15) is 5.56 Å². The van der Waals surface area contributed by atoms with Gasteiger partial charge >= 0.3 is 0 Å². The number of nitrogens with two attached hydrogens (primary N) is 1. The molecule has 4 N–H and O–H groups in total. The smallest absolute Gasteiger partial charge is 0.267 e. The van der Waals surface area contributed by atoms with Gasteiger partial charge in [0.05, 0.1) is 4.90 Å². The highest BCUT2D eigenvalue weighted by molar-refractivity contribution is 7.89. The largest absolute Gasteiger partial charge is 0.386 e. The van der Waals surface area contributed by atoms with E-state index in [1.807, 2.05) is 12.1 Å². The quantitative estimate of drug-likeness (QED) is 0.514. The highest BCUT2D eigenvalue weighted by Gasteiger charge is 2.11. The minimum absolute atomic E-state index is 0.0760. The van der Waals surface area contributed by atoms with Gasteiger partial charge in [-0.1, -0.05) is 29.8 Å². The molecule has 0 aliphatic heterocycles. The summed E-state index contributed by atoms with van der Waals surface area (Å²) in [5.41, 5.74) is 1.00. The topological polar surface area (TPSA) is 125 Å². The lowest BCUT2D eigenvalue weighted by molar-refractivity contribution is -0.112. The number of hydrogen-bond acceptors (Lipinski definition) is 5. The predicted molar refractivity (Wildman–Crippen MR) is 98.4 cm³/mol. The van der Waals surface area contributed by atoms with E-state index in [4.69, 9.17) is 22.0 Å². The van der Waals surface area contributed by atoms with Crippen LogP contribution in [0.4, 0.5) is 5.69 Å². The van der Waals surface area contributed by atoms with Gasteiger partial charge in [0.1, 0.15) is 11.6 Å². The number of benzene rings is 2. The summed E-state index contributed by atoms with van der Waals surface area (Å²) in [4.78, 5) is 12.0. The van der Waals surface area contributed by atoms with Crippen molar-refractivity contribution in [1.82, 2.24) is 5.32 Å². The van der Waals surface area contributed by atoms with Crippen LogP contribution in [0.2, 0.25) is 5.02 Å². The maximum atomic E-state index is 12.1. The van der Waals surface area contributed by atoms with Gasteiger partial charge in [-0.05, 0) is 35.9 Å².